The number of carbonyl (C=O) groups is 2. The molecular formula is C28H43N3O5S. The number of benzene rings is 1. The van der Waals surface area contributed by atoms with Crippen LogP contribution in [0, 0.1) is 17.8 Å². The normalized spacial score (nSPS) is 23.4. The monoisotopic (exact) mass is 533 g/mol. The van der Waals surface area contributed by atoms with E-state index in [2.05, 4.69) is 35.3 Å². The van der Waals surface area contributed by atoms with Gasteiger partial charge in [0.05, 0.1) is 5.75 Å². The zero-order chi connectivity index (χ0) is 27.0. The van der Waals surface area contributed by atoms with Crippen molar-refractivity contribution in [3.05, 3.63) is 28.3 Å². The fourth-order valence-corrected chi connectivity index (χ4v) is 7.66. The number of rotatable bonds is 6. The van der Waals surface area contributed by atoms with Gasteiger partial charge in [0.2, 0.25) is 10.0 Å². The summed E-state index contributed by atoms with van der Waals surface area (Å²) in [6, 6.07) is 1.23. The highest BCUT2D eigenvalue weighted by Gasteiger charge is 2.37. The number of aryl methyl sites for hydroxylation is 2. The molecule has 8 nitrogen and oxygen atoms in total. The average Bonchev–Trinajstić information content (AvgIpc) is 3.42. The molecular weight excluding hydrogens is 490 g/mol. The third kappa shape index (κ3) is 6.98. The number of urea groups is 1. The van der Waals surface area contributed by atoms with Crippen molar-refractivity contribution >= 4 is 27.8 Å². The Morgan fingerprint density at radius 3 is 2.22 bits per heavy atom. The van der Waals surface area contributed by atoms with Crippen molar-refractivity contribution in [1.29, 1.82) is 0 Å². The first kappa shape index (κ1) is 27.7. The van der Waals surface area contributed by atoms with Gasteiger partial charge in [-0.25, -0.2) is 22.7 Å². The van der Waals surface area contributed by atoms with Crippen LogP contribution in [0.5, 0.6) is 0 Å². The van der Waals surface area contributed by atoms with E-state index in [4.69, 9.17) is 4.74 Å². The molecule has 206 valence electrons. The largest absolute Gasteiger partial charge is 0.444 e. The second-order valence-electron chi connectivity index (χ2n) is 12.4. The van der Waals surface area contributed by atoms with Gasteiger partial charge in [-0.1, -0.05) is 19.9 Å². The molecule has 1 aromatic carbocycles. The molecule has 9 heteroatoms. The van der Waals surface area contributed by atoms with Crippen molar-refractivity contribution in [2.24, 2.45) is 17.8 Å². The van der Waals surface area contributed by atoms with Gasteiger partial charge in [-0.3, -0.25) is 0 Å². The van der Waals surface area contributed by atoms with E-state index in [0.717, 1.165) is 61.8 Å². The fraction of sp³-hybridized carbons (Fsp3) is 0.714. The Morgan fingerprint density at radius 2 is 1.65 bits per heavy atom. The van der Waals surface area contributed by atoms with E-state index >= 15 is 0 Å². The Bertz CT molecular complexity index is 1110. The van der Waals surface area contributed by atoms with E-state index in [0.29, 0.717) is 24.7 Å². The minimum atomic E-state index is -3.92. The molecule has 3 amide bonds. The molecule has 1 fully saturated rings. The van der Waals surface area contributed by atoms with E-state index in [1.54, 1.807) is 20.8 Å². The van der Waals surface area contributed by atoms with E-state index < -0.39 is 27.7 Å². The van der Waals surface area contributed by atoms with Crippen LogP contribution >= 0.6 is 0 Å². The van der Waals surface area contributed by atoms with Gasteiger partial charge in [0.15, 0.2) is 0 Å². The number of nitrogens with one attached hydrogen (secondary N) is 3. The van der Waals surface area contributed by atoms with Gasteiger partial charge in [-0.05, 0) is 119 Å². The van der Waals surface area contributed by atoms with Gasteiger partial charge in [-0.15, -0.1) is 0 Å². The predicted molar refractivity (Wildman–Crippen MR) is 145 cm³/mol. The second-order valence-corrected chi connectivity index (χ2v) is 14.2. The highest BCUT2D eigenvalue weighted by atomic mass is 32.2. The van der Waals surface area contributed by atoms with Crippen LogP contribution in [0.2, 0.25) is 0 Å². The molecule has 3 unspecified atom stereocenters. The molecule has 3 aliphatic carbocycles. The summed E-state index contributed by atoms with van der Waals surface area (Å²) in [5, 5.41) is 5.84. The van der Waals surface area contributed by atoms with Crippen LogP contribution in [-0.4, -0.2) is 37.9 Å². The Morgan fingerprint density at radius 1 is 1.03 bits per heavy atom. The zero-order valence-corrected chi connectivity index (χ0v) is 23.7. The molecule has 1 aromatic rings. The highest BCUT2D eigenvalue weighted by molar-refractivity contribution is 7.90. The number of hydrogen-bond acceptors (Lipinski definition) is 5. The summed E-state index contributed by atoms with van der Waals surface area (Å²) < 4.78 is 34.0. The first-order valence-electron chi connectivity index (χ1n) is 13.8. The molecule has 0 spiro atoms. The van der Waals surface area contributed by atoms with Crippen LogP contribution in [-0.2, 0) is 40.4 Å². The zero-order valence-electron chi connectivity index (χ0n) is 22.9. The Hall–Kier alpha value is -2.29. The molecule has 0 aromatic heterocycles. The lowest BCUT2D eigenvalue weighted by Crippen LogP contribution is -2.50. The average molecular weight is 534 g/mol. The number of hydrogen-bond donors (Lipinski definition) is 3. The molecule has 0 saturated heterocycles. The minimum Gasteiger partial charge on any atom is -0.444 e. The number of alkyl carbamates (subject to hydrolysis) is 1. The van der Waals surface area contributed by atoms with E-state index in [-0.39, 0.29) is 17.7 Å². The summed E-state index contributed by atoms with van der Waals surface area (Å²) in [6.07, 6.45) is 7.61. The molecule has 4 rings (SSSR count). The van der Waals surface area contributed by atoms with Crippen molar-refractivity contribution in [3.8, 4) is 0 Å². The van der Waals surface area contributed by atoms with Crippen molar-refractivity contribution in [2.45, 2.75) is 104 Å². The first-order valence-corrected chi connectivity index (χ1v) is 15.4. The summed E-state index contributed by atoms with van der Waals surface area (Å²) >= 11 is 0. The van der Waals surface area contributed by atoms with Crippen molar-refractivity contribution in [2.75, 3.05) is 11.1 Å². The van der Waals surface area contributed by atoms with Gasteiger partial charge in [0.1, 0.15) is 5.60 Å². The highest BCUT2D eigenvalue weighted by Crippen LogP contribution is 2.39. The smallest absolute Gasteiger partial charge is 0.407 e. The lowest BCUT2D eigenvalue weighted by Gasteiger charge is -2.38. The molecule has 3 N–H and O–H groups in total. The number of carbonyl (C=O) groups excluding carboxylic acids is 2. The van der Waals surface area contributed by atoms with Gasteiger partial charge in [-0.2, -0.15) is 0 Å². The summed E-state index contributed by atoms with van der Waals surface area (Å²) in [4.78, 5) is 25.5. The Labute approximate surface area is 221 Å². The lowest BCUT2D eigenvalue weighted by atomic mass is 9.74. The van der Waals surface area contributed by atoms with Crippen LogP contribution in [0.1, 0.15) is 89.0 Å². The SMILES string of the molecule is CC(C)C1CCC(CS(=O)(=O)NC(=O)Nc2c3c(cc4c2CCC4)CCC3)C(NC(=O)OC(C)(C)C)C1. The Balaban J connectivity index is 1.44. The van der Waals surface area contributed by atoms with Crippen LogP contribution in [0.25, 0.3) is 0 Å². The number of fused-ring (bicyclic) bond motifs is 2. The van der Waals surface area contributed by atoms with Crippen LogP contribution in [0.4, 0.5) is 15.3 Å². The van der Waals surface area contributed by atoms with Gasteiger partial charge >= 0.3 is 12.1 Å². The maximum Gasteiger partial charge on any atom is 0.407 e. The molecule has 37 heavy (non-hydrogen) atoms. The topological polar surface area (TPSA) is 114 Å². The van der Waals surface area contributed by atoms with Gasteiger partial charge in [0.25, 0.3) is 0 Å². The number of sulfonamides is 1. The third-order valence-corrected chi connectivity index (χ3v) is 9.44. The van der Waals surface area contributed by atoms with Crippen molar-refractivity contribution in [3.63, 3.8) is 0 Å². The molecule has 0 heterocycles. The predicted octanol–water partition coefficient (Wildman–Crippen LogP) is 5.08. The fourth-order valence-electron chi connectivity index (χ4n) is 6.28. The summed E-state index contributed by atoms with van der Waals surface area (Å²) in [7, 11) is -3.92. The first-order chi connectivity index (χ1) is 17.3. The minimum absolute atomic E-state index is 0.225. The van der Waals surface area contributed by atoms with E-state index in [9.17, 15) is 18.0 Å². The number of anilines is 1. The summed E-state index contributed by atoms with van der Waals surface area (Å²) in [6.45, 7) is 9.69. The molecule has 3 aliphatic rings. The maximum absolute atomic E-state index is 13.1. The van der Waals surface area contributed by atoms with Gasteiger partial charge in [0, 0.05) is 11.7 Å². The second kappa shape index (κ2) is 10.8. The van der Waals surface area contributed by atoms with E-state index in [1.165, 1.54) is 11.1 Å². The van der Waals surface area contributed by atoms with Crippen molar-refractivity contribution in [1.82, 2.24) is 10.0 Å². The molecule has 0 aliphatic heterocycles. The lowest BCUT2D eigenvalue weighted by molar-refractivity contribution is 0.0450. The van der Waals surface area contributed by atoms with Crippen LogP contribution in [0.15, 0.2) is 6.07 Å². The molecule has 3 atom stereocenters. The summed E-state index contributed by atoms with van der Waals surface area (Å²) in [5.74, 6) is 0.283. The number of ether oxygens (including phenoxy) is 1. The third-order valence-electron chi connectivity index (χ3n) is 8.07. The van der Waals surface area contributed by atoms with Gasteiger partial charge < -0.3 is 15.4 Å². The standard InChI is InChI=1S/C28H43N3O5S/c1-17(2)18-12-13-21(24(15-18)29-27(33)36-28(3,4)5)16-37(34,35)31-26(32)30-25-22-10-6-8-19(22)14-20-9-7-11-23(20)25/h14,17-18,21,24H,6-13,15-16H2,1-5H3,(H,29,33)(H2,30,31,32). The molecule has 0 radical (unpaired) electrons. The quantitative estimate of drug-likeness (QED) is 0.472. The number of amides is 3. The van der Waals surface area contributed by atoms with E-state index in [1.807, 2.05) is 0 Å². The molecule has 1 saturated carbocycles. The summed E-state index contributed by atoms with van der Waals surface area (Å²) in [5.41, 5.74) is 5.03. The van der Waals surface area contributed by atoms with Crippen LogP contribution < -0.4 is 15.4 Å². The van der Waals surface area contributed by atoms with Crippen LogP contribution in [0.3, 0.4) is 0 Å². The maximum atomic E-state index is 13.1. The Kier molecular flexibility index (Phi) is 8.12. The van der Waals surface area contributed by atoms with Crippen molar-refractivity contribution < 1.29 is 22.7 Å². The molecule has 0 bridgehead atoms.